The Hall–Kier alpha value is -3.26. The van der Waals surface area contributed by atoms with Crippen LogP contribution in [0.15, 0.2) is 77.7 Å². The molecule has 1 N–H and O–H groups in total. The van der Waals surface area contributed by atoms with E-state index in [-0.39, 0.29) is 11.3 Å². The number of hydrogen-bond donors (Lipinski definition) is 1. The molecule has 0 aliphatic carbocycles. The molecule has 1 atom stereocenters. The molecule has 0 aliphatic rings. The molecule has 4 rings (SSSR count). The molecule has 0 unspecified atom stereocenters. The minimum Gasteiger partial charge on any atom is -0.239 e. The van der Waals surface area contributed by atoms with Crippen LogP contribution in [0.1, 0.15) is 27.7 Å². The van der Waals surface area contributed by atoms with E-state index in [4.69, 9.17) is 0 Å². The van der Waals surface area contributed by atoms with Crippen LogP contribution in [-0.4, -0.2) is 13.4 Å². The topological polar surface area (TPSA) is 82.9 Å². The minimum atomic E-state index is -4.50. The van der Waals surface area contributed by atoms with E-state index in [9.17, 15) is 26.9 Å². The summed E-state index contributed by atoms with van der Waals surface area (Å²) in [6, 6.07) is 18.9. The van der Waals surface area contributed by atoms with Gasteiger partial charge in [-0.1, -0.05) is 30.3 Å². The summed E-state index contributed by atoms with van der Waals surface area (Å²) in [4.78, 5) is 4.47. The molecule has 1 heterocycles. The number of nitriles is 1. The van der Waals surface area contributed by atoms with E-state index >= 15 is 0 Å². The first-order valence-electron chi connectivity index (χ1n) is 9.70. The summed E-state index contributed by atoms with van der Waals surface area (Å²) in [5.41, 5.74) is 0.646. The number of nitrogens with zero attached hydrogens (tertiary/aromatic N) is 2. The molecule has 10 heteroatoms. The third-order valence-electron chi connectivity index (χ3n) is 4.88. The van der Waals surface area contributed by atoms with E-state index in [1.807, 2.05) is 6.07 Å². The highest BCUT2D eigenvalue weighted by molar-refractivity contribution is 7.89. The molecule has 0 aliphatic heterocycles. The number of sulfonamides is 1. The first-order chi connectivity index (χ1) is 15.7. The van der Waals surface area contributed by atoms with Crippen LogP contribution in [0.5, 0.6) is 0 Å². The molecule has 5 nitrogen and oxygen atoms in total. The second kappa shape index (κ2) is 8.94. The van der Waals surface area contributed by atoms with Gasteiger partial charge in [0, 0.05) is 0 Å². The number of rotatable bonds is 6. The van der Waals surface area contributed by atoms with Gasteiger partial charge in [0.1, 0.15) is 5.01 Å². The molecule has 0 fully saturated rings. The Bertz CT molecular complexity index is 1440. The van der Waals surface area contributed by atoms with E-state index in [0.29, 0.717) is 26.4 Å². The van der Waals surface area contributed by atoms with Crippen molar-refractivity contribution in [2.75, 3.05) is 0 Å². The highest BCUT2D eigenvalue weighted by Crippen LogP contribution is 2.35. The summed E-state index contributed by atoms with van der Waals surface area (Å²) in [7, 11) is -3.94. The molecule has 1 aromatic heterocycles. The lowest BCUT2D eigenvalue weighted by Crippen LogP contribution is -2.30. The van der Waals surface area contributed by atoms with Crippen molar-refractivity contribution in [1.29, 1.82) is 5.26 Å². The van der Waals surface area contributed by atoms with Crippen LogP contribution in [0.4, 0.5) is 13.2 Å². The van der Waals surface area contributed by atoms with Crippen molar-refractivity contribution in [2.24, 2.45) is 0 Å². The Morgan fingerprint density at radius 2 is 1.79 bits per heavy atom. The van der Waals surface area contributed by atoms with Crippen LogP contribution < -0.4 is 4.72 Å². The summed E-state index contributed by atoms with van der Waals surface area (Å²) in [6.45, 7) is 0. The number of nitrogens with one attached hydrogen (secondary N) is 1. The van der Waals surface area contributed by atoms with Crippen molar-refractivity contribution in [3.8, 4) is 6.07 Å². The number of halogens is 3. The number of benzene rings is 3. The van der Waals surface area contributed by atoms with Crippen molar-refractivity contribution in [3.05, 3.63) is 94.5 Å². The van der Waals surface area contributed by atoms with Gasteiger partial charge < -0.3 is 0 Å². The maximum Gasteiger partial charge on any atom is 0.416 e. The zero-order chi connectivity index (χ0) is 23.6. The van der Waals surface area contributed by atoms with Gasteiger partial charge in [-0.05, 0) is 54.4 Å². The molecule has 168 valence electrons. The Kier molecular flexibility index (Phi) is 6.21. The third kappa shape index (κ3) is 5.22. The lowest BCUT2D eigenvalue weighted by molar-refractivity contribution is -0.137. The number of hydrogen-bond acceptors (Lipinski definition) is 5. The first kappa shape index (κ1) is 22.9. The molecule has 0 bridgehead atoms. The average molecular weight is 488 g/mol. The summed E-state index contributed by atoms with van der Waals surface area (Å²) in [5, 5.41) is 9.50. The van der Waals surface area contributed by atoms with Gasteiger partial charge in [0.15, 0.2) is 0 Å². The van der Waals surface area contributed by atoms with Gasteiger partial charge in [-0.15, -0.1) is 11.3 Å². The molecule has 33 heavy (non-hydrogen) atoms. The Morgan fingerprint density at radius 1 is 1.03 bits per heavy atom. The number of fused-ring (bicyclic) bond motifs is 1. The predicted molar refractivity (Wildman–Crippen MR) is 119 cm³/mol. The summed E-state index contributed by atoms with van der Waals surface area (Å²) in [6.07, 6.45) is -4.34. The lowest BCUT2D eigenvalue weighted by Gasteiger charge is -2.17. The van der Waals surface area contributed by atoms with Crippen LogP contribution in [0, 0.1) is 11.3 Å². The SMILES string of the molecule is N#Cc1cccc(C[C@H](NS(=O)(=O)c2ccccc2)c2nc3ccc(C(F)(F)F)cc3s2)c1. The second-order valence-corrected chi connectivity index (χ2v) is 10.0. The van der Waals surface area contributed by atoms with E-state index in [1.54, 1.807) is 42.5 Å². The molecular weight excluding hydrogens is 471 g/mol. The monoisotopic (exact) mass is 487 g/mol. The zero-order valence-corrected chi connectivity index (χ0v) is 18.5. The Balaban J connectivity index is 1.75. The molecule has 0 saturated carbocycles. The minimum absolute atomic E-state index is 0.0567. The van der Waals surface area contributed by atoms with Crippen LogP contribution in [0.25, 0.3) is 10.2 Å². The number of aromatic nitrogens is 1. The van der Waals surface area contributed by atoms with Gasteiger partial charge in [0.2, 0.25) is 10.0 Å². The summed E-state index contributed by atoms with van der Waals surface area (Å²) >= 11 is 0.998. The predicted octanol–water partition coefficient (Wildman–Crippen LogP) is 5.45. The summed E-state index contributed by atoms with van der Waals surface area (Å²) in [5.74, 6) is 0. The van der Waals surface area contributed by atoms with Crippen LogP contribution in [0.2, 0.25) is 0 Å². The van der Waals surface area contributed by atoms with E-state index in [0.717, 1.165) is 23.5 Å². The van der Waals surface area contributed by atoms with Crippen molar-refractivity contribution >= 4 is 31.6 Å². The number of alkyl halides is 3. The Morgan fingerprint density at radius 3 is 2.48 bits per heavy atom. The first-order valence-corrected chi connectivity index (χ1v) is 12.0. The fourth-order valence-corrected chi connectivity index (χ4v) is 5.66. The second-order valence-electron chi connectivity index (χ2n) is 7.24. The quantitative estimate of drug-likeness (QED) is 0.392. The van der Waals surface area contributed by atoms with Crippen LogP contribution in [-0.2, 0) is 22.6 Å². The molecule has 4 aromatic rings. The molecule has 0 radical (unpaired) electrons. The fourth-order valence-electron chi connectivity index (χ4n) is 3.31. The molecular formula is C23H16F3N3O2S2. The van der Waals surface area contributed by atoms with Gasteiger partial charge in [0.05, 0.1) is 38.4 Å². The largest absolute Gasteiger partial charge is 0.416 e. The van der Waals surface area contributed by atoms with Gasteiger partial charge in [-0.25, -0.2) is 18.1 Å². The Labute approximate surface area is 192 Å². The van der Waals surface area contributed by atoms with Crippen molar-refractivity contribution < 1.29 is 21.6 Å². The van der Waals surface area contributed by atoms with Gasteiger partial charge in [-0.2, -0.15) is 18.4 Å². The van der Waals surface area contributed by atoms with E-state index in [1.165, 1.54) is 18.2 Å². The fraction of sp³-hybridized carbons (Fsp3) is 0.130. The lowest BCUT2D eigenvalue weighted by atomic mass is 10.0. The van der Waals surface area contributed by atoms with Crippen molar-refractivity contribution in [2.45, 2.75) is 23.5 Å². The maximum absolute atomic E-state index is 13.1. The molecule has 0 saturated heterocycles. The van der Waals surface area contributed by atoms with Gasteiger partial charge >= 0.3 is 6.18 Å². The van der Waals surface area contributed by atoms with Gasteiger partial charge in [0.25, 0.3) is 0 Å². The molecule has 0 spiro atoms. The zero-order valence-electron chi connectivity index (χ0n) is 16.9. The highest BCUT2D eigenvalue weighted by atomic mass is 32.2. The molecule has 3 aromatic carbocycles. The van der Waals surface area contributed by atoms with Crippen LogP contribution in [0.3, 0.4) is 0 Å². The molecule has 0 amide bonds. The van der Waals surface area contributed by atoms with E-state index < -0.39 is 27.8 Å². The van der Waals surface area contributed by atoms with Crippen molar-refractivity contribution in [3.63, 3.8) is 0 Å². The highest BCUT2D eigenvalue weighted by Gasteiger charge is 2.31. The maximum atomic E-state index is 13.1. The van der Waals surface area contributed by atoms with E-state index in [2.05, 4.69) is 9.71 Å². The standard InChI is InChI=1S/C23H16F3N3O2S2/c24-23(25,26)17-9-10-19-21(13-17)32-22(28-19)20(12-15-5-4-6-16(11-15)14-27)29-33(30,31)18-7-2-1-3-8-18/h1-11,13,20,29H,12H2/t20-/m0/s1. The smallest absolute Gasteiger partial charge is 0.239 e. The normalized spacial score (nSPS) is 13.0. The van der Waals surface area contributed by atoms with Crippen LogP contribution >= 0.6 is 11.3 Å². The summed E-state index contributed by atoms with van der Waals surface area (Å²) < 4.78 is 68.3. The number of thiazole rings is 1. The third-order valence-corrected chi connectivity index (χ3v) is 7.50. The average Bonchev–Trinajstić information content (AvgIpc) is 3.22. The van der Waals surface area contributed by atoms with Crippen molar-refractivity contribution in [1.82, 2.24) is 9.71 Å². The van der Waals surface area contributed by atoms with Gasteiger partial charge in [-0.3, -0.25) is 0 Å².